The van der Waals surface area contributed by atoms with E-state index in [0.717, 1.165) is 11.3 Å². The fourth-order valence-electron chi connectivity index (χ4n) is 4.42. The number of hydrogen-bond donors (Lipinski definition) is 0. The molecule has 0 unspecified atom stereocenters. The van der Waals surface area contributed by atoms with E-state index in [4.69, 9.17) is 0 Å². The molecule has 0 spiro atoms. The van der Waals surface area contributed by atoms with Crippen molar-refractivity contribution < 1.29 is 9.59 Å². The van der Waals surface area contributed by atoms with Crippen molar-refractivity contribution in [3.8, 4) is 5.69 Å². The van der Waals surface area contributed by atoms with Crippen LogP contribution in [0.15, 0.2) is 60.9 Å². The quantitative estimate of drug-likeness (QED) is 0.636. The molecule has 0 N–H and O–H groups in total. The SMILES string of the molecule is CC1(C)CN(C(=O)c2cccc(C3CC3)c2)CCN1C(=O)c1ncn(-c2ccccc2)n1. The van der Waals surface area contributed by atoms with Gasteiger partial charge in [0.2, 0.25) is 5.82 Å². The maximum absolute atomic E-state index is 13.2. The van der Waals surface area contributed by atoms with E-state index in [9.17, 15) is 9.59 Å². The van der Waals surface area contributed by atoms with Crippen molar-refractivity contribution in [3.63, 3.8) is 0 Å². The van der Waals surface area contributed by atoms with Gasteiger partial charge in [0, 0.05) is 25.2 Å². The lowest BCUT2D eigenvalue weighted by Gasteiger charge is -2.46. The van der Waals surface area contributed by atoms with Gasteiger partial charge in [-0.1, -0.05) is 30.3 Å². The summed E-state index contributed by atoms with van der Waals surface area (Å²) in [5.41, 5.74) is 2.30. The lowest BCUT2D eigenvalue weighted by atomic mass is 9.97. The Bertz CT molecular complexity index is 1150. The molecule has 2 fully saturated rings. The molecule has 1 saturated heterocycles. The zero-order chi connectivity index (χ0) is 22.3. The van der Waals surface area contributed by atoms with Gasteiger partial charge in [-0.15, -0.1) is 5.10 Å². The molecule has 1 aromatic heterocycles. The number of amides is 2. The second-order valence-corrected chi connectivity index (χ2v) is 9.24. The van der Waals surface area contributed by atoms with Crippen LogP contribution in [0.5, 0.6) is 0 Å². The molecule has 2 amide bonds. The number of rotatable bonds is 4. The van der Waals surface area contributed by atoms with E-state index in [1.165, 1.54) is 18.4 Å². The average Bonchev–Trinajstić information content (AvgIpc) is 3.54. The fraction of sp³-hybridized carbons (Fsp3) is 0.360. The van der Waals surface area contributed by atoms with Crippen LogP contribution >= 0.6 is 0 Å². The summed E-state index contributed by atoms with van der Waals surface area (Å²) in [5, 5.41) is 4.39. The van der Waals surface area contributed by atoms with E-state index in [0.29, 0.717) is 25.6 Å². The lowest BCUT2D eigenvalue weighted by Crippen LogP contribution is -2.62. The highest BCUT2D eigenvalue weighted by atomic mass is 16.2. The summed E-state index contributed by atoms with van der Waals surface area (Å²) < 4.78 is 1.60. The van der Waals surface area contributed by atoms with E-state index in [1.54, 1.807) is 15.9 Å². The van der Waals surface area contributed by atoms with Crippen LogP contribution in [0.4, 0.5) is 0 Å². The summed E-state index contributed by atoms with van der Waals surface area (Å²) in [7, 11) is 0. The zero-order valence-electron chi connectivity index (χ0n) is 18.4. The maximum Gasteiger partial charge on any atom is 0.294 e. The van der Waals surface area contributed by atoms with E-state index in [1.807, 2.05) is 67.3 Å². The number of carbonyl (C=O) groups excluding carboxylic acids is 2. The van der Waals surface area contributed by atoms with Crippen LogP contribution in [0.2, 0.25) is 0 Å². The van der Waals surface area contributed by atoms with Crippen molar-refractivity contribution >= 4 is 11.8 Å². The first-order chi connectivity index (χ1) is 15.4. The van der Waals surface area contributed by atoms with Gasteiger partial charge in [0.15, 0.2) is 0 Å². The van der Waals surface area contributed by atoms with Gasteiger partial charge in [-0.2, -0.15) is 0 Å². The number of para-hydroxylation sites is 1. The molecular formula is C25H27N5O2. The Morgan fingerprint density at radius 2 is 1.75 bits per heavy atom. The third-order valence-corrected chi connectivity index (χ3v) is 6.32. The topological polar surface area (TPSA) is 71.3 Å². The van der Waals surface area contributed by atoms with Gasteiger partial charge in [0.25, 0.3) is 11.8 Å². The Kier molecular flexibility index (Phi) is 5.04. The second-order valence-electron chi connectivity index (χ2n) is 9.24. The summed E-state index contributed by atoms with van der Waals surface area (Å²) in [5.74, 6) is 0.586. The minimum absolute atomic E-state index is 0.0270. The molecule has 164 valence electrons. The summed E-state index contributed by atoms with van der Waals surface area (Å²) in [6.45, 7) is 5.36. The molecule has 2 aromatic carbocycles. The van der Waals surface area contributed by atoms with E-state index < -0.39 is 5.54 Å². The molecule has 0 atom stereocenters. The van der Waals surface area contributed by atoms with Gasteiger partial charge in [-0.05, 0) is 62.4 Å². The Labute approximate surface area is 187 Å². The van der Waals surface area contributed by atoms with Gasteiger partial charge in [-0.3, -0.25) is 9.59 Å². The normalized spacial score (nSPS) is 17.9. The molecule has 2 aliphatic rings. The molecular weight excluding hydrogens is 402 g/mol. The van der Waals surface area contributed by atoms with Crippen molar-refractivity contribution in [2.45, 2.75) is 38.1 Å². The molecule has 1 aliphatic carbocycles. The molecule has 0 radical (unpaired) electrons. The van der Waals surface area contributed by atoms with Crippen LogP contribution in [-0.2, 0) is 0 Å². The smallest absolute Gasteiger partial charge is 0.294 e. The van der Waals surface area contributed by atoms with Crippen LogP contribution in [0, 0.1) is 0 Å². The van der Waals surface area contributed by atoms with E-state index >= 15 is 0 Å². The summed E-state index contributed by atoms with van der Waals surface area (Å²) in [6, 6.07) is 17.6. The van der Waals surface area contributed by atoms with Crippen molar-refractivity contribution in [2.75, 3.05) is 19.6 Å². The van der Waals surface area contributed by atoms with Crippen LogP contribution in [0.3, 0.4) is 0 Å². The number of hydrogen-bond acceptors (Lipinski definition) is 4. The third kappa shape index (κ3) is 3.90. The van der Waals surface area contributed by atoms with Gasteiger partial charge in [0.05, 0.1) is 11.2 Å². The molecule has 7 nitrogen and oxygen atoms in total. The van der Waals surface area contributed by atoms with Gasteiger partial charge in [-0.25, -0.2) is 9.67 Å². The highest BCUT2D eigenvalue weighted by molar-refractivity contribution is 5.95. The van der Waals surface area contributed by atoms with Gasteiger partial charge < -0.3 is 9.80 Å². The fourth-order valence-corrected chi connectivity index (χ4v) is 4.42. The predicted octanol–water partition coefficient (Wildman–Crippen LogP) is 3.52. The zero-order valence-corrected chi connectivity index (χ0v) is 18.4. The molecule has 0 bridgehead atoms. The Morgan fingerprint density at radius 3 is 2.47 bits per heavy atom. The summed E-state index contributed by atoms with van der Waals surface area (Å²) >= 11 is 0. The first kappa shape index (κ1) is 20.4. The van der Waals surface area contributed by atoms with Gasteiger partial charge in [0.1, 0.15) is 6.33 Å². The van der Waals surface area contributed by atoms with Crippen molar-refractivity contribution in [2.24, 2.45) is 0 Å². The molecule has 1 saturated carbocycles. The van der Waals surface area contributed by atoms with Crippen LogP contribution in [0.1, 0.15) is 59.1 Å². The van der Waals surface area contributed by atoms with E-state index in [2.05, 4.69) is 16.1 Å². The number of benzene rings is 2. The van der Waals surface area contributed by atoms with Crippen molar-refractivity contribution in [3.05, 3.63) is 77.9 Å². The van der Waals surface area contributed by atoms with Crippen molar-refractivity contribution in [1.82, 2.24) is 24.6 Å². The van der Waals surface area contributed by atoms with Crippen LogP contribution in [-0.4, -0.2) is 61.6 Å². The molecule has 3 aromatic rings. The summed E-state index contributed by atoms with van der Waals surface area (Å²) in [4.78, 5) is 34.3. The second kappa shape index (κ2) is 7.89. The molecule has 32 heavy (non-hydrogen) atoms. The Morgan fingerprint density at radius 1 is 0.969 bits per heavy atom. The highest BCUT2D eigenvalue weighted by Crippen LogP contribution is 2.40. The maximum atomic E-state index is 13.2. The number of aromatic nitrogens is 3. The minimum Gasteiger partial charge on any atom is -0.335 e. The van der Waals surface area contributed by atoms with Crippen LogP contribution in [0.25, 0.3) is 5.69 Å². The lowest BCUT2D eigenvalue weighted by molar-refractivity contribution is 0.0160. The number of carbonyl (C=O) groups is 2. The minimum atomic E-state index is -0.530. The Balaban J connectivity index is 1.30. The Hall–Kier alpha value is -3.48. The van der Waals surface area contributed by atoms with Gasteiger partial charge >= 0.3 is 0 Å². The number of piperazine rings is 1. The predicted molar refractivity (Wildman–Crippen MR) is 121 cm³/mol. The van der Waals surface area contributed by atoms with Crippen molar-refractivity contribution in [1.29, 1.82) is 0 Å². The van der Waals surface area contributed by atoms with Crippen LogP contribution < -0.4 is 0 Å². The first-order valence-electron chi connectivity index (χ1n) is 11.1. The molecule has 7 heteroatoms. The molecule has 1 aliphatic heterocycles. The standard InChI is InChI=1S/C25H27N5O2/c1-25(2)16-28(23(31)20-8-6-7-19(15-20)18-11-12-18)13-14-29(25)24(32)22-26-17-30(27-22)21-9-4-3-5-10-21/h3-10,15,17-18H,11-14,16H2,1-2H3. The van der Waals surface area contributed by atoms with E-state index in [-0.39, 0.29) is 17.6 Å². The molecule has 2 heterocycles. The monoisotopic (exact) mass is 429 g/mol. The number of nitrogens with zero attached hydrogens (tertiary/aromatic N) is 5. The first-order valence-corrected chi connectivity index (χ1v) is 11.1. The third-order valence-electron chi connectivity index (χ3n) is 6.32. The average molecular weight is 430 g/mol. The highest BCUT2D eigenvalue weighted by Gasteiger charge is 2.40. The summed E-state index contributed by atoms with van der Waals surface area (Å²) in [6.07, 6.45) is 3.97. The largest absolute Gasteiger partial charge is 0.335 e. The molecule has 5 rings (SSSR count).